The Morgan fingerprint density at radius 3 is 2.45 bits per heavy atom. The minimum Gasteiger partial charge on any atom is -0.207 e. The van der Waals surface area contributed by atoms with Crippen LogP contribution >= 0.6 is 12.0 Å². The first-order valence-electron chi connectivity index (χ1n) is 2.78. The Morgan fingerprint density at radius 2 is 1.91 bits per heavy atom. The summed E-state index contributed by atoms with van der Waals surface area (Å²) in [6.45, 7) is 0. The van der Waals surface area contributed by atoms with Gasteiger partial charge in [-0.25, -0.2) is 4.39 Å². The van der Waals surface area contributed by atoms with E-state index in [1.807, 2.05) is 0 Å². The van der Waals surface area contributed by atoms with Crippen molar-refractivity contribution in [1.29, 1.82) is 0 Å². The number of benzene rings is 1. The van der Waals surface area contributed by atoms with Gasteiger partial charge >= 0.3 is 0 Å². The van der Waals surface area contributed by atoms with Gasteiger partial charge in [0.25, 0.3) is 0 Å². The lowest BCUT2D eigenvalue weighted by atomic mass is 10.4. The maximum absolute atomic E-state index is 12.3. The highest BCUT2D eigenvalue weighted by Crippen LogP contribution is 2.18. The molecule has 0 atom stereocenters. The van der Waals surface area contributed by atoms with E-state index < -0.39 is 0 Å². The molecular weight excluding hydrogens is 169 g/mol. The van der Waals surface area contributed by atoms with Gasteiger partial charge in [-0.1, -0.05) is 0 Å². The second-order valence-corrected chi connectivity index (χ2v) is 2.48. The van der Waals surface area contributed by atoms with Gasteiger partial charge in [-0.3, -0.25) is 0 Å². The SMILES string of the molecule is NOOSc1ccc(F)cc1. The summed E-state index contributed by atoms with van der Waals surface area (Å²) < 4.78 is 16.6. The van der Waals surface area contributed by atoms with E-state index in [1.165, 1.54) is 12.1 Å². The van der Waals surface area contributed by atoms with Crippen molar-refractivity contribution in [2.75, 3.05) is 0 Å². The predicted octanol–water partition coefficient (Wildman–Crippen LogP) is 1.65. The molecule has 0 aromatic heterocycles. The minimum atomic E-state index is -0.289. The summed E-state index contributed by atoms with van der Waals surface area (Å²) in [7, 11) is 0. The van der Waals surface area contributed by atoms with Gasteiger partial charge in [-0.15, -0.1) is 9.32 Å². The topological polar surface area (TPSA) is 44.5 Å². The van der Waals surface area contributed by atoms with Crippen molar-refractivity contribution in [3.63, 3.8) is 0 Å². The minimum absolute atomic E-state index is 0.289. The predicted molar refractivity (Wildman–Crippen MR) is 38.6 cm³/mol. The highest BCUT2D eigenvalue weighted by molar-refractivity contribution is 7.94. The fourth-order valence-corrected chi connectivity index (χ4v) is 0.914. The molecule has 0 unspecified atom stereocenters. The molecule has 0 saturated carbocycles. The molecule has 0 heterocycles. The lowest BCUT2D eigenvalue weighted by Crippen LogP contribution is -1.93. The van der Waals surface area contributed by atoms with Crippen molar-refractivity contribution < 1.29 is 13.7 Å². The van der Waals surface area contributed by atoms with Crippen LogP contribution in [-0.2, 0) is 9.32 Å². The Bertz CT molecular complexity index is 216. The molecule has 2 N–H and O–H groups in total. The Kier molecular flexibility index (Phi) is 3.31. The van der Waals surface area contributed by atoms with Crippen molar-refractivity contribution in [2.45, 2.75) is 4.90 Å². The van der Waals surface area contributed by atoms with Gasteiger partial charge in [0.05, 0.1) is 12.0 Å². The Morgan fingerprint density at radius 1 is 1.27 bits per heavy atom. The summed E-state index contributed by atoms with van der Waals surface area (Å²) in [5.41, 5.74) is 0. The number of hydrogen-bond acceptors (Lipinski definition) is 4. The first-order chi connectivity index (χ1) is 5.33. The fraction of sp³-hybridized carbons (Fsp3) is 0. The molecule has 0 amide bonds. The summed E-state index contributed by atoms with van der Waals surface area (Å²) in [6, 6.07) is 5.75. The molecule has 0 radical (unpaired) electrons. The van der Waals surface area contributed by atoms with E-state index in [0.717, 1.165) is 16.9 Å². The molecule has 0 saturated heterocycles. The lowest BCUT2D eigenvalue weighted by molar-refractivity contribution is -0.195. The molecule has 1 rings (SSSR count). The van der Waals surface area contributed by atoms with Crippen LogP contribution in [0.4, 0.5) is 4.39 Å². The van der Waals surface area contributed by atoms with Crippen molar-refractivity contribution in [2.24, 2.45) is 5.90 Å². The zero-order valence-electron chi connectivity index (χ0n) is 5.49. The fourth-order valence-electron chi connectivity index (χ4n) is 0.549. The van der Waals surface area contributed by atoms with Gasteiger partial charge in [-0.05, 0) is 24.3 Å². The number of halogens is 1. The van der Waals surface area contributed by atoms with Crippen LogP contribution in [-0.4, -0.2) is 0 Å². The number of rotatable bonds is 3. The van der Waals surface area contributed by atoms with Crippen molar-refractivity contribution >= 4 is 12.0 Å². The molecule has 5 heteroatoms. The lowest BCUT2D eigenvalue weighted by Gasteiger charge is -1.96. The maximum atomic E-state index is 12.3. The highest BCUT2D eigenvalue weighted by Gasteiger charge is 1.94. The van der Waals surface area contributed by atoms with Gasteiger partial charge in [0.1, 0.15) is 5.82 Å². The van der Waals surface area contributed by atoms with Crippen LogP contribution in [0.5, 0.6) is 0 Å². The molecule has 60 valence electrons. The van der Waals surface area contributed by atoms with E-state index in [4.69, 9.17) is 0 Å². The van der Waals surface area contributed by atoms with Gasteiger partial charge < -0.3 is 0 Å². The maximum Gasteiger partial charge on any atom is 0.123 e. The third kappa shape index (κ3) is 2.85. The number of hydrogen-bond donors (Lipinski definition) is 1. The summed E-state index contributed by atoms with van der Waals surface area (Å²) in [4.78, 5) is 4.56. The average molecular weight is 175 g/mol. The quantitative estimate of drug-likeness (QED) is 0.431. The van der Waals surface area contributed by atoms with E-state index in [-0.39, 0.29) is 5.82 Å². The molecule has 0 aliphatic carbocycles. The molecule has 1 aromatic carbocycles. The van der Waals surface area contributed by atoms with Crippen LogP contribution in [0.25, 0.3) is 0 Å². The molecule has 1 aromatic rings. The van der Waals surface area contributed by atoms with Gasteiger partial charge in [0, 0.05) is 4.90 Å². The largest absolute Gasteiger partial charge is 0.207 e. The summed E-state index contributed by atoms with van der Waals surface area (Å²) in [5.74, 6) is 4.30. The van der Waals surface area contributed by atoms with Crippen molar-refractivity contribution in [3.8, 4) is 0 Å². The molecule has 0 bridgehead atoms. The van der Waals surface area contributed by atoms with Gasteiger partial charge in [-0.2, -0.15) is 5.90 Å². The Hall–Kier alpha value is -0.620. The third-order valence-corrected chi connectivity index (χ3v) is 1.59. The average Bonchev–Trinajstić information content (AvgIpc) is 2.04. The Balaban J connectivity index is 2.52. The first-order valence-corrected chi connectivity index (χ1v) is 3.53. The normalized spacial score (nSPS) is 10.0. The molecule has 11 heavy (non-hydrogen) atoms. The van der Waals surface area contributed by atoms with E-state index in [1.54, 1.807) is 12.1 Å². The van der Waals surface area contributed by atoms with E-state index >= 15 is 0 Å². The van der Waals surface area contributed by atoms with Crippen LogP contribution in [0.15, 0.2) is 29.2 Å². The van der Waals surface area contributed by atoms with Gasteiger partial charge in [0.15, 0.2) is 0 Å². The van der Waals surface area contributed by atoms with Crippen molar-refractivity contribution in [1.82, 2.24) is 0 Å². The van der Waals surface area contributed by atoms with Crippen LogP contribution in [0, 0.1) is 5.82 Å². The van der Waals surface area contributed by atoms with Crippen molar-refractivity contribution in [3.05, 3.63) is 30.1 Å². The zero-order valence-corrected chi connectivity index (χ0v) is 6.31. The summed E-state index contributed by atoms with van der Waals surface area (Å²) >= 11 is 0.915. The highest BCUT2D eigenvalue weighted by atomic mass is 32.2. The molecule has 0 aliphatic heterocycles. The Labute approximate surface area is 67.4 Å². The zero-order chi connectivity index (χ0) is 8.10. The van der Waals surface area contributed by atoms with Crippen LogP contribution < -0.4 is 5.90 Å². The first kappa shape index (κ1) is 8.48. The van der Waals surface area contributed by atoms with E-state index in [9.17, 15) is 4.39 Å². The van der Waals surface area contributed by atoms with Gasteiger partial charge in [0.2, 0.25) is 0 Å². The molecular formula is C6H6FNO2S. The van der Waals surface area contributed by atoms with E-state index in [2.05, 4.69) is 15.2 Å². The standard InChI is InChI=1S/C6H6FNO2S/c7-5-1-3-6(4-2-5)11-10-9-8/h1-4H,8H2. The molecule has 3 nitrogen and oxygen atoms in total. The molecule has 0 aliphatic rings. The second-order valence-electron chi connectivity index (χ2n) is 1.70. The molecule has 0 spiro atoms. The van der Waals surface area contributed by atoms with Crippen LogP contribution in [0.1, 0.15) is 0 Å². The van der Waals surface area contributed by atoms with Crippen LogP contribution in [0.2, 0.25) is 0 Å². The molecule has 0 fully saturated rings. The monoisotopic (exact) mass is 175 g/mol. The van der Waals surface area contributed by atoms with Crippen LogP contribution in [0.3, 0.4) is 0 Å². The smallest absolute Gasteiger partial charge is 0.123 e. The third-order valence-electron chi connectivity index (χ3n) is 0.983. The summed E-state index contributed by atoms with van der Waals surface area (Å²) in [6.07, 6.45) is 0. The second kappa shape index (κ2) is 4.30. The number of nitrogens with two attached hydrogens (primary N) is 1. The summed E-state index contributed by atoms with van der Waals surface area (Å²) in [5, 5.41) is 0. The van der Waals surface area contributed by atoms with E-state index in [0.29, 0.717) is 0 Å².